The Balaban J connectivity index is 2.08. The fourth-order valence-electron chi connectivity index (χ4n) is 2.32. The van der Waals surface area contributed by atoms with Gasteiger partial charge in [-0.05, 0) is 0 Å². The maximum atomic E-state index is 4.40. The molecule has 4 atom stereocenters. The lowest BCUT2D eigenvalue weighted by atomic mass is 9.77. The number of hydrogen-bond donors (Lipinski definition) is 2. The van der Waals surface area contributed by atoms with Gasteiger partial charge in [0.15, 0.2) is 0 Å². The molecule has 1 fully saturated rings. The maximum Gasteiger partial charge on any atom is 0.0823 e. The summed E-state index contributed by atoms with van der Waals surface area (Å²) in [7, 11) is 0. The number of nitrogens with zero attached hydrogens (tertiary/aromatic N) is 2. The average molecular weight is 228 g/mol. The number of rotatable bonds is 0. The summed E-state index contributed by atoms with van der Waals surface area (Å²) in [6.45, 7) is 4.45. The Hall–Kier alpha value is -0.170. The van der Waals surface area contributed by atoms with Crippen LogP contribution < -0.4 is 9.44 Å². The highest BCUT2D eigenvalue weighted by atomic mass is 32.2. The topological polar surface area (TPSA) is 49.8 Å². The molecule has 0 aromatic carbocycles. The molecule has 0 amide bonds. The molecule has 2 N–H and O–H groups in total. The van der Waals surface area contributed by atoms with E-state index in [0.717, 1.165) is 0 Å². The summed E-state index contributed by atoms with van der Waals surface area (Å²) in [6, 6.07) is 0.984. The molecular weight excluding hydrogens is 216 g/mol. The first-order valence-electron chi connectivity index (χ1n) is 4.78. The number of aromatic nitrogens is 2. The summed E-state index contributed by atoms with van der Waals surface area (Å²) < 4.78 is 15.6. The fourth-order valence-corrected chi connectivity index (χ4v) is 4.10. The molecule has 4 nitrogen and oxygen atoms in total. The zero-order valence-electron chi connectivity index (χ0n) is 8.02. The minimum atomic E-state index is 0.465. The van der Waals surface area contributed by atoms with Crippen molar-refractivity contribution in [2.45, 2.75) is 37.8 Å². The van der Waals surface area contributed by atoms with Gasteiger partial charge in [0.1, 0.15) is 0 Å². The minimum Gasteiger partial charge on any atom is -0.245 e. The van der Waals surface area contributed by atoms with Gasteiger partial charge in [0, 0.05) is 36.1 Å². The smallest absolute Gasteiger partial charge is 0.0823 e. The highest BCUT2D eigenvalue weighted by Crippen LogP contribution is 2.40. The quantitative estimate of drug-likeness (QED) is 0.655. The number of hydrogen-bond acceptors (Lipinski definition) is 6. The SMILES string of the molecule is CC1c2nsnc2C(C)C2NSNC12. The van der Waals surface area contributed by atoms with Crippen LogP contribution in [0.15, 0.2) is 0 Å². The molecule has 0 saturated carbocycles. The maximum absolute atomic E-state index is 4.40. The summed E-state index contributed by atoms with van der Waals surface area (Å²) in [5, 5.41) is 0. The standard InChI is InChI=1S/C8H12N4S2/c1-3-5-7(11-13-9-5)4(2)8-6(3)10-14-12-8/h3-5,7,9,11H,1-2H3. The van der Waals surface area contributed by atoms with Gasteiger partial charge < -0.3 is 0 Å². The van der Waals surface area contributed by atoms with Crippen molar-refractivity contribution in [1.29, 1.82) is 0 Å². The van der Waals surface area contributed by atoms with Crippen LogP contribution in [0, 0.1) is 0 Å². The Bertz CT molecular complexity index is 322. The Morgan fingerprint density at radius 1 is 1.00 bits per heavy atom. The number of fused-ring (bicyclic) bond motifs is 2. The predicted molar refractivity (Wildman–Crippen MR) is 58.2 cm³/mol. The minimum absolute atomic E-state index is 0.465. The van der Waals surface area contributed by atoms with E-state index >= 15 is 0 Å². The van der Waals surface area contributed by atoms with Gasteiger partial charge in [0.05, 0.1) is 23.1 Å². The average Bonchev–Trinajstić information content (AvgIpc) is 2.82. The van der Waals surface area contributed by atoms with E-state index in [0.29, 0.717) is 23.9 Å². The second kappa shape index (κ2) is 3.16. The van der Waals surface area contributed by atoms with Crippen molar-refractivity contribution in [2.24, 2.45) is 0 Å². The first-order valence-corrected chi connectivity index (χ1v) is 6.33. The fraction of sp³-hybridized carbons (Fsp3) is 0.750. The third-order valence-corrected chi connectivity index (χ3v) is 4.59. The Kier molecular flexibility index (Phi) is 2.05. The van der Waals surface area contributed by atoms with Crippen LogP contribution in [0.25, 0.3) is 0 Å². The van der Waals surface area contributed by atoms with Crippen molar-refractivity contribution in [1.82, 2.24) is 18.2 Å². The van der Waals surface area contributed by atoms with E-state index in [1.807, 2.05) is 0 Å². The lowest BCUT2D eigenvalue weighted by molar-refractivity contribution is 0.369. The van der Waals surface area contributed by atoms with Crippen molar-refractivity contribution < 1.29 is 0 Å². The summed E-state index contributed by atoms with van der Waals surface area (Å²) in [4.78, 5) is 0. The van der Waals surface area contributed by atoms with E-state index in [4.69, 9.17) is 0 Å². The second-order valence-corrected chi connectivity index (χ2v) is 5.21. The van der Waals surface area contributed by atoms with Crippen molar-refractivity contribution in [3.05, 3.63) is 11.4 Å². The summed E-state index contributed by atoms with van der Waals surface area (Å²) in [6.07, 6.45) is 0. The molecule has 2 aliphatic rings. The van der Waals surface area contributed by atoms with Crippen LogP contribution in [0.4, 0.5) is 0 Å². The van der Waals surface area contributed by atoms with E-state index in [9.17, 15) is 0 Å². The van der Waals surface area contributed by atoms with Crippen LogP contribution in [-0.4, -0.2) is 20.8 Å². The Labute approximate surface area is 91.5 Å². The lowest BCUT2D eigenvalue weighted by Crippen LogP contribution is -2.45. The van der Waals surface area contributed by atoms with Crippen LogP contribution >= 0.6 is 23.9 Å². The van der Waals surface area contributed by atoms with Gasteiger partial charge in [-0.25, -0.2) is 9.44 Å². The molecule has 0 radical (unpaired) electrons. The van der Waals surface area contributed by atoms with Crippen molar-refractivity contribution in [3.63, 3.8) is 0 Å². The summed E-state index contributed by atoms with van der Waals surface area (Å²) in [5.41, 5.74) is 2.39. The highest BCUT2D eigenvalue weighted by Gasteiger charge is 2.44. The normalized spacial score (nSPS) is 40.7. The Morgan fingerprint density at radius 2 is 1.50 bits per heavy atom. The van der Waals surface area contributed by atoms with Crippen molar-refractivity contribution in [2.75, 3.05) is 0 Å². The molecule has 76 valence electrons. The van der Waals surface area contributed by atoms with Crippen LogP contribution in [0.2, 0.25) is 0 Å². The largest absolute Gasteiger partial charge is 0.245 e. The molecule has 4 unspecified atom stereocenters. The molecule has 1 aromatic heterocycles. The monoisotopic (exact) mass is 228 g/mol. The molecular formula is C8H12N4S2. The van der Waals surface area contributed by atoms with E-state index in [-0.39, 0.29) is 0 Å². The van der Waals surface area contributed by atoms with Gasteiger partial charge in [-0.1, -0.05) is 13.8 Å². The van der Waals surface area contributed by atoms with E-state index in [1.165, 1.54) is 23.1 Å². The third kappa shape index (κ3) is 1.08. The van der Waals surface area contributed by atoms with Gasteiger partial charge in [-0.15, -0.1) is 0 Å². The van der Waals surface area contributed by atoms with E-state index < -0.39 is 0 Å². The third-order valence-electron chi connectivity index (χ3n) is 3.26. The first kappa shape index (κ1) is 9.08. The van der Waals surface area contributed by atoms with E-state index in [2.05, 4.69) is 32.0 Å². The zero-order chi connectivity index (χ0) is 9.71. The molecule has 1 aliphatic carbocycles. The molecule has 1 saturated heterocycles. The van der Waals surface area contributed by atoms with Gasteiger partial charge in [-0.3, -0.25) is 0 Å². The molecule has 2 heterocycles. The predicted octanol–water partition coefficient (Wildman–Crippen LogP) is 1.25. The Morgan fingerprint density at radius 3 is 2.00 bits per heavy atom. The van der Waals surface area contributed by atoms with Crippen molar-refractivity contribution in [3.8, 4) is 0 Å². The second-order valence-electron chi connectivity index (χ2n) is 4.00. The summed E-state index contributed by atoms with van der Waals surface area (Å²) in [5.74, 6) is 0.930. The van der Waals surface area contributed by atoms with Gasteiger partial charge in [-0.2, -0.15) is 8.75 Å². The van der Waals surface area contributed by atoms with Crippen LogP contribution in [0.5, 0.6) is 0 Å². The van der Waals surface area contributed by atoms with Crippen molar-refractivity contribution >= 4 is 23.9 Å². The van der Waals surface area contributed by atoms with Gasteiger partial charge in [0.2, 0.25) is 0 Å². The molecule has 0 spiro atoms. The molecule has 0 bridgehead atoms. The van der Waals surface area contributed by atoms with Crippen LogP contribution in [-0.2, 0) is 0 Å². The number of nitrogens with one attached hydrogen (secondary N) is 2. The highest BCUT2D eigenvalue weighted by molar-refractivity contribution is 7.95. The van der Waals surface area contributed by atoms with Gasteiger partial charge >= 0.3 is 0 Å². The first-order chi connectivity index (χ1) is 6.79. The molecule has 1 aliphatic heterocycles. The van der Waals surface area contributed by atoms with Crippen LogP contribution in [0.1, 0.15) is 37.1 Å². The van der Waals surface area contributed by atoms with Crippen LogP contribution in [0.3, 0.4) is 0 Å². The molecule has 3 rings (SSSR count). The summed E-state index contributed by atoms with van der Waals surface area (Å²) >= 11 is 2.95. The van der Waals surface area contributed by atoms with E-state index in [1.54, 1.807) is 12.1 Å². The molecule has 1 aromatic rings. The zero-order valence-corrected chi connectivity index (χ0v) is 9.65. The molecule has 6 heteroatoms. The van der Waals surface area contributed by atoms with Gasteiger partial charge in [0.25, 0.3) is 0 Å². The lowest BCUT2D eigenvalue weighted by Gasteiger charge is -2.32. The molecule has 14 heavy (non-hydrogen) atoms.